The summed E-state index contributed by atoms with van der Waals surface area (Å²) in [5, 5.41) is 16.1. The van der Waals surface area contributed by atoms with Crippen LogP contribution in [0.2, 0.25) is 0 Å². The van der Waals surface area contributed by atoms with Gasteiger partial charge in [-0.2, -0.15) is 0 Å². The second kappa shape index (κ2) is 14.4. The van der Waals surface area contributed by atoms with Crippen molar-refractivity contribution in [3.63, 3.8) is 0 Å². The molecule has 4 amide bonds. The zero-order valence-corrected chi connectivity index (χ0v) is 26.7. The van der Waals surface area contributed by atoms with Crippen LogP contribution in [0.5, 0.6) is 11.5 Å². The number of aromatic hydroxyl groups is 1. The third-order valence-corrected chi connectivity index (χ3v) is 8.64. The number of methoxy groups -OCH3 is 1. The topological polar surface area (TPSA) is 119 Å². The van der Waals surface area contributed by atoms with Crippen LogP contribution in [0.15, 0.2) is 110 Å². The molecule has 0 saturated carbocycles. The number of rotatable bonds is 10. The van der Waals surface area contributed by atoms with Crippen molar-refractivity contribution in [2.75, 3.05) is 26.7 Å². The molecule has 2 atom stereocenters. The van der Waals surface area contributed by atoms with E-state index in [-0.39, 0.29) is 56.2 Å². The number of carbonyl (C=O) groups is 3. The van der Waals surface area contributed by atoms with E-state index in [1.165, 1.54) is 0 Å². The van der Waals surface area contributed by atoms with E-state index in [4.69, 9.17) is 4.74 Å². The molecular weight excluding hydrogens is 608 g/mol. The van der Waals surface area contributed by atoms with Crippen molar-refractivity contribution in [1.82, 2.24) is 30.1 Å². The predicted octanol–water partition coefficient (Wildman–Crippen LogP) is 4.20. The number of pyridine rings is 1. The summed E-state index contributed by atoms with van der Waals surface area (Å²) < 4.78 is 5.64. The molecule has 4 aromatic rings. The van der Waals surface area contributed by atoms with Crippen molar-refractivity contribution >= 4 is 17.8 Å². The minimum Gasteiger partial charge on any atom is -0.508 e. The summed E-state index contributed by atoms with van der Waals surface area (Å²) >= 11 is 0. The highest BCUT2D eigenvalue weighted by atomic mass is 16.5. The summed E-state index contributed by atoms with van der Waals surface area (Å²) in [7, 11) is 1.61. The largest absolute Gasteiger partial charge is 0.508 e. The molecule has 2 aliphatic rings. The van der Waals surface area contributed by atoms with Crippen LogP contribution in [0.25, 0.3) is 11.1 Å². The Labute approximate surface area is 279 Å². The maximum atomic E-state index is 14.4. The Morgan fingerprint density at radius 1 is 1.02 bits per heavy atom. The van der Waals surface area contributed by atoms with Crippen LogP contribution in [0.3, 0.4) is 0 Å². The van der Waals surface area contributed by atoms with Crippen LogP contribution in [-0.4, -0.2) is 86.7 Å². The first-order chi connectivity index (χ1) is 23.4. The van der Waals surface area contributed by atoms with Crippen LogP contribution in [0.4, 0.5) is 4.79 Å². The van der Waals surface area contributed by atoms with Gasteiger partial charge in [0.25, 0.3) is 0 Å². The monoisotopic (exact) mass is 646 g/mol. The average molecular weight is 647 g/mol. The number of ether oxygens (including phenoxy) is 1. The quantitative estimate of drug-likeness (QED) is 0.248. The first-order valence-corrected chi connectivity index (χ1v) is 15.8. The average Bonchev–Trinajstić information content (AvgIpc) is 3.11. The molecule has 0 bridgehead atoms. The Hall–Kier alpha value is -5.68. The lowest BCUT2D eigenvalue weighted by Gasteiger charge is -2.55. The van der Waals surface area contributed by atoms with E-state index >= 15 is 0 Å². The molecule has 6 rings (SSSR count). The number of urea groups is 1. The summed E-state index contributed by atoms with van der Waals surface area (Å²) in [6.07, 6.45) is 4.54. The smallest absolute Gasteiger partial charge is 0.334 e. The van der Waals surface area contributed by atoms with Crippen molar-refractivity contribution in [1.29, 1.82) is 0 Å². The van der Waals surface area contributed by atoms with Crippen LogP contribution in [-0.2, 0) is 29.1 Å². The van der Waals surface area contributed by atoms with Gasteiger partial charge in [0.1, 0.15) is 23.7 Å². The van der Waals surface area contributed by atoms with Gasteiger partial charge in [0.05, 0.1) is 20.2 Å². The molecule has 2 fully saturated rings. The van der Waals surface area contributed by atoms with Gasteiger partial charge in [0.15, 0.2) is 0 Å². The molecule has 2 aliphatic heterocycles. The molecule has 0 spiro atoms. The predicted molar refractivity (Wildman–Crippen MR) is 180 cm³/mol. The lowest BCUT2D eigenvalue weighted by molar-refractivity contribution is -0.189. The van der Waals surface area contributed by atoms with Gasteiger partial charge < -0.3 is 25.0 Å². The molecular formula is C37H38N6O5. The van der Waals surface area contributed by atoms with E-state index in [1.807, 2.05) is 60.7 Å². The highest BCUT2D eigenvalue weighted by molar-refractivity contribution is 5.91. The summed E-state index contributed by atoms with van der Waals surface area (Å²) in [5.74, 6) is 0.294. The maximum absolute atomic E-state index is 14.4. The van der Waals surface area contributed by atoms with E-state index in [2.05, 4.69) is 16.9 Å². The number of carbonyl (C=O) groups excluding carboxylic acids is 3. The molecule has 2 saturated heterocycles. The van der Waals surface area contributed by atoms with Gasteiger partial charge in [-0.3, -0.25) is 14.6 Å². The number of nitrogens with one attached hydrogen (secondary N) is 1. The number of hydrogen-bond acceptors (Lipinski definition) is 7. The van der Waals surface area contributed by atoms with Gasteiger partial charge in [-0.25, -0.2) is 14.8 Å². The Morgan fingerprint density at radius 2 is 1.79 bits per heavy atom. The van der Waals surface area contributed by atoms with E-state index in [9.17, 15) is 19.5 Å². The van der Waals surface area contributed by atoms with Crippen molar-refractivity contribution < 1.29 is 24.2 Å². The van der Waals surface area contributed by atoms with E-state index in [0.29, 0.717) is 12.3 Å². The number of phenolic OH excluding ortho intramolecular Hbond substituents is 1. The van der Waals surface area contributed by atoms with E-state index < -0.39 is 12.2 Å². The molecule has 3 heterocycles. The minimum absolute atomic E-state index is 0.0897. The summed E-state index contributed by atoms with van der Waals surface area (Å²) in [6.45, 7) is 4.65. The van der Waals surface area contributed by atoms with Crippen molar-refractivity contribution in [2.45, 2.75) is 31.7 Å². The van der Waals surface area contributed by atoms with Gasteiger partial charge in [-0.05, 0) is 47.0 Å². The maximum Gasteiger partial charge on any atom is 0.334 e. The Kier molecular flexibility index (Phi) is 9.67. The van der Waals surface area contributed by atoms with Gasteiger partial charge in [0.2, 0.25) is 11.8 Å². The minimum atomic E-state index is -0.882. The van der Waals surface area contributed by atoms with Gasteiger partial charge in [-0.1, -0.05) is 60.7 Å². The SMILES string of the molecule is C=CCN1CC(=O)N2C(Cc3ccc(O)cc3)C(=O)N(Cc3ccc(OC)c(-c4cccnc4)c3)C[C@@H]2N1C(=O)NCc1ccccc1. The van der Waals surface area contributed by atoms with Crippen molar-refractivity contribution in [3.8, 4) is 22.6 Å². The second-order valence-electron chi connectivity index (χ2n) is 11.8. The molecule has 3 aromatic carbocycles. The fraction of sp³-hybridized carbons (Fsp3) is 0.243. The number of fused-ring (bicyclic) bond motifs is 1. The molecule has 246 valence electrons. The number of hydrazine groups is 1. The number of hydrogen-bond donors (Lipinski definition) is 2. The Morgan fingerprint density at radius 3 is 2.50 bits per heavy atom. The first kappa shape index (κ1) is 32.3. The van der Waals surface area contributed by atoms with Gasteiger partial charge in [0, 0.05) is 49.6 Å². The molecule has 2 N–H and O–H groups in total. The lowest BCUT2D eigenvalue weighted by Crippen LogP contribution is -2.76. The zero-order chi connectivity index (χ0) is 33.6. The third-order valence-electron chi connectivity index (χ3n) is 8.64. The Balaban J connectivity index is 1.36. The third kappa shape index (κ3) is 6.86. The van der Waals surface area contributed by atoms with E-state index in [0.717, 1.165) is 27.8 Å². The fourth-order valence-corrected chi connectivity index (χ4v) is 6.37. The molecule has 0 aliphatic carbocycles. The number of benzene rings is 3. The Bertz CT molecular complexity index is 1770. The molecule has 1 unspecified atom stereocenters. The molecule has 11 nitrogen and oxygen atoms in total. The molecule has 48 heavy (non-hydrogen) atoms. The number of phenols is 1. The van der Waals surface area contributed by atoms with E-state index in [1.54, 1.807) is 69.7 Å². The van der Waals surface area contributed by atoms with Gasteiger partial charge >= 0.3 is 6.03 Å². The van der Waals surface area contributed by atoms with Crippen LogP contribution in [0, 0.1) is 0 Å². The number of nitrogens with zero attached hydrogens (tertiary/aromatic N) is 5. The number of aromatic nitrogens is 1. The molecule has 11 heteroatoms. The lowest BCUT2D eigenvalue weighted by atomic mass is 9.97. The number of piperazine rings is 1. The number of amides is 4. The van der Waals surface area contributed by atoms with Crippen LogP contribution >= 0.6 is 0 Å². The summed E-state index contributed by atoms with van der Waals surface area (Å²) in [6, 6.07) is 24.5. The highest BCUT2D eigenvalue weighted by Crippen LogP contribution is 2.33. The fourth-order valence-electron chi connectivity index (χ4n) is 6.37. The summed E-state index contributed by atoms with van der Waals surface area (Å²) in [5.41, 5.74) is 4.26. The normalized spacial score (nSPS) is 18.0. The summed E-state index contributed by atoms with van der Waals surface area (Å²) in [4.78, 5) is 49.7. The standard InChI is InChI=1S/C37H38N6O5/c1-3-18-41-25-35(45)42-32(20-26-11-14-30(44)15-12-26)36(46)40(24-34(42)43(41)37(47)39-21-27-8-5-4-6-9-27)23-28-13-16-33(48-2)31(19-28)29-10-7-17-38-22-29/h3-17,19,22,32,34,44H,1,18,20-21,23-25H2,2H3,(H,39,47)/t32?,34-/m0/s1. The van der Waals surface area contributed by atoms with Crippen molar-refractivity contribution in [3.05, 3.63) is 127 Å². The first-order valence-electron chi connectivity index (χ1n) is 15.8. The zero-order valence-electron chi connectivity index (χ0n) is 26.7. The van der Waals surface area contributed by atoms with Crippen molar-refractivity contribution in [2.24, 2.45) is 0 Å². The van der Waals surface area contributed by atoms with Crippen LogP contribution in [0.1, 0.15) is 16.7 Å². The van der Waals surface area contributed by atoms with Gasteiger partial charge in [-0.15, -0.1) is 6.58 Å². The molecule has 0 radical (unpaired) electrons. The second-order valence-corrected chi connectivity index (χ2v) is 11.8. The van der Waals surface area contributed by atoms with Crippen LogP contribution < -0.4 is 10.1 Å². The highest BCUT2D eigenvalue weighted by Gasteiger charge is 2.51. The molecule has 1 aromatic heterocycles.